The molecule has 3 atom stereocenters. The molecule has 0 spiro atoms. The number of aliphatic hydroxyl groups is 2. The zero-order valence-electron chi connectivity index (χ0n) is 10.4. The van der Waals surface area contributed by atoms with Crippen LogP contribution >= 0.6 is 0 Å². The van der Waals surface area contributed by atoms with Crippen molar-refractivity contribution in [2.24, 2.45) is 0 Å². The van der Waals surface area contributed by atoms with E-state index in [-0.39, 0.29) is 26.1 Å². The molecule has 1 saturated carbocycles. The molecule has 0 unspecified atom stereocenters. The van der Waals surface area contributed by atoms with Crippen LogP contribution in [0.3, 0.4) is 0 Å². The summed E-state index contributed by atoms with van der Waals surface area (Å²) in [7, 11) is 0. The number of hydrogen-bond acceptors (Lipinski definition) is 5. The predicted octanol–water partition coefficient (Wildman–Crippen LogP) is 0.385. The van der Waals surface area contributed by atoms with Gasteiger partial charge in [-0.15, -0.1) is 0 Å². The second kappa shape index (κ2) is 4.38. The van der Waals surface area contributed by atoms with E-state index in [9.17, 15) is 15.0 Å². The summed E-state index contributed by atoms with van der Waals surface area (Å²) in [4.78, 5) is 11.8. The Balaban J connectivity index is 1.74. The molecule has 0 aromatic heterocycles. The fourth-order valence-electron chi connectivity index (χ4n) is 2.79. The lowest BCUT2D eigenvalue weighted by molar-refractivity contribution is -0.246. The van der Waals surface area contributed by atoms with Crippen LogP contribution in [0, 0.1) is 0 Å². The molecular formula is C14H16O5. The third-order valence-corrected chi connectivity index (χ3v) is 3.96. The molecule has 19 heavy (non-hydrogen) atoms. The molecule has 0 amide bonds. The number of ketones is 1. The lowest BCUT2D eigenvalue weighted by atomic mass is 9.93. The third kappa shape index (κ3) is 1.81. The van der Waals surface area contributed by atoms with Crippen molar-refractivity contribution < 1.29 is 24.5 Å². The summed E-state index contributed by atoms with van der Waals surface area (Å²) in [5.74, 6) is -2.60. The fourth-order valence-corrected chi connectivity index (χ4v) is 2.79. The maximum atomic E-state index is 11.8. The van der Waals surface area contributed by atoms with E-state index >= 15 is 0 Å². The van der Waals surface area contributed by atoms with E-state index < -0.39 is 23.3 Å². The van der Waals surface area contributed by atoms with Gasteiger partial charge in [-0.2, -0.15) is 0 Å². The Hall–Kier alpha value is -1.27. The first-order valence-corrected chi connectivity index (χ1v) is 6.34. The number of Topliss-reactive ketones (excluding diaryl/α,β-unsaturated/α-hetero) is 1. The minimum absolute atomic E-state index is 0.0279. The summed E-state index contributed by atoms with van der Waals surface area (Å²) in [6.07, 6.45) is -0.554. The summed E-state index contributed by atoms with van der Waals surface area (Å²) in [5, 5.41) is 20.6. The largest absolute Gasteiger partial charge is 0.381 e. The molecule has 5 nitrogen and oxygen atoms in total. The molecule has 102 valence electrons. The highest BCUT2D eigenvalue weighted by atomic mass is 16.7. The molecule has 2 N–H and O–H groups in total. The standard InChI is InChI=1S/C14H16O5/c15-11-8-12(13(16)6-7-19-14(11,13)17)18-9-10-4-2-1-3-5-10/h1-5,12,16-17H,6-9H2/t12-,13-,14-/m0/s1. The van der Waals surface area contributed by atoms with Gasteiger partial charge in [0.25, 0.3) is 5.79 Å². The van der Waals surface area contributed by atoms with Crippen LogP contribution in [0.5, 0.6) is 0 Å². The lowest BCUT2D eigenvalue weighted by Gasteiger charge is -2.31. The topological polar surface area (TPSA) is 76.0 Å². The average molecular weight is 264 g/mol. The van der Waals surface area contributed by atoms with Crippen molar-refractivity contribution in [3.63, 3.8) is 0 Å². The van der Waals surface area contributed by atoms with Gasteiger partial charge in [-0.05, 0) is 5.56 Å². The van der Waals surface area contributed by atoms with Crippen LogP contribution in [0.2, 0.25) is 0 Å². The smallest absolute Gasteiger partial charge is 0.259 e. The van der Waals surface area contributed by atoms with E-state index in [2.05, 4.69) is 0 Å². The van der Waals surface area contributed by atoms with Crippen LogP contribution in [0.25, 0.3) is 0 Å². The minimum Gasteiger partial charge on any atom is -0.381 e. The van der Waals surface area contributed by atoms with Crippen LogP contribution in [0.15, 0.2) is 30.3 Å². The molecule has 2 aliphatic rings. The van der Waals surface area contributed by atoms with E-state index in [0.29, 0.717) is 0 Å². The van der Waals surface area contributed by atoms with Gasteiger partial charge in [-0.1, -0.05) is 30.3 Å². The summed E-state index contributed by atoms with van der Waals surface area (Å²) < 4.78 is 10.7. The molecular weight excluding hydrogens is 248 g/mol. The molecule has 5 heteroatoms. The quantitative estimate of drug-likeness (QED) is 0.825. The summed E-state index contributed by atoms with van der Waals surface area (Å²) in [6.45, 7) is 0.446. The molecule has 3 rings (SSSR count). The van der Waals surface area contributed by atoms with E-state index in [1.165, 1.54) is 0 Å². The van der Waals surface area contributed by atoms with Gasteiger partial charge in [0.1, 0.15) is 0 Å². The Labute approximate surface area is 110 Å². The van der Waals surface area contributed by atoms with Gasteiger partial charge in [0.2, 0.25) is 0 Å². The Bertz CT molecular complexity index is 488. The van der Waals surface area contributed by atoms with Gasteiger partial charge >= 0.3 is 0 Å². The van der Waals surface area contributed by atoms with E-state index in [1.807, 2.05) is 30.3 Å². The van der Waals surface area contributed by atoms with E-state index in [0.717, 1.165) is 5.56 Å². The number of benzene rings is 1. The van der Waals surface area contributed by atoms with Gasteiger partial charge < -0.3 is 19.7 Å². The van der Waals surface area contributed by atoms with Crippen LogP contribution < -0.4 is 0 Å². The molecule has 1 aromatic carbocycles. The SMILES string of the molecule is O=C1C[C@H](OCc2ccccc2)[C@@]2(O)CCO[C@@]12O. The maximum absolute atomic E-state index is 11.8. The lowest BCUT2D eigenvalue weighted by Crippen LogP contribution is -2.55. The Morgan fingerprint density at radius 2 is 2.05 bits per heavy atom. The number of carbonyl (C=O) groups is 1. The maximum Gasteiger partial charge on any atom is 0.259 e. The summed E-state index contributed by atoms with van der Waals surface area (Å²) in [5.41, 5.74) is -0.674. The van der Waals surface area contributed by atoms with Crippen LogP contribution in [-0.2, 0) is 20.9 Å². The van der Waals surface area contributed by atoms with Gasteiger partial charge in [0, 0.05) is 12.8 Å². The monoisotopic (exact) mass is 264 g/mol. The normalized spacial score (nSPS) is 37.6. The van der Waals surface area contributed by atoms with Gasteiger partial charge in [-0.3, -0.25) is 4.79 Å². The Kier molecular flexibility index (Phi) is 2.94. The zero-order valence-corrected chi connectivity index (χ0v) is 10.4. The third-order valence-electron chi connectivity index (χ3n) is 3.96. The summed E-state index contributed by atoms with van der Waals surface area (Å²) in [6, 6.07) is 9.49. The second-order valence-corrected chi connectivity index (χ2v) is 5.08. The van der Waals surface area contributed by atoms with Gasteiger partial charge in [0.15, 0.2) is 11.4 Å². The first kappa shape index (κ1) is 12.7. The minimum atomic E-state index is -2.09. The highest BCUT2D eigenvalue weighted by Crippen LogP contribution is 2.46. The molecule has 1 saturated heterocycles. The van der Waals surface area contributed by atoms with Crippen molar-refractivity contribution in [3.05, 3.63) is 35.9 Å². The molecule has 2 fully saturated rings. The first-order valence-electron chi connectivity index (χ1n) is 6.34. The molecule has 0 bridgehead atoms. The van der Waals surface area contributed by atoms with E-state index in [4.69, 9.17) is 9.47 Å². The molecule has 1 aliphatic carbocycles. The predicted molar refractivity (Wildman–Crippen MR) is 65.1 cm³/mol. The van der Waals surface area contributed by atoms with Crippen LogP contribution in [-0.4, -0.2) is 40.1 Å². The zero-order chi connectivity index (χ0) is 13.5. The first-order chi connectivity index (χ1) is 9.06. The fraction of sp³-hybridized carbons (Fsp3) is 0.500. The van der Waals surface area contributed by atoms with Crippen molar-refractivity contribution in [1.82, 2.24) is 0 Å². The molecule has 1 heterocycles. The van der Waals surface area contributed by atoms with Crippen LogP contribution in [0.1, 0.15) is 18.4 Å². The Morgan fingerprint density at radius 3 is 2.79 bits per heavy atom. The average Bonchev–Trinajstić information content (AvgIpc) is 2.81. The number of ether oxygens (including phenoxy) is 2. The number of carbonyl (C=O) groups excluding carboxylic acids is 1. The van der Waals surface area contributed by atoms with Crippen molar-refractivity contribution >= 4 is 5.78 Å². The van der Waals surface area contributed by atoms with E-state index in [1.54, 1.807) is 0 Å². The van der Waals surface area contributed by atoms with Gasteiger partial charge in [0.05, 0.1) is 19.3 Å². The Morgan fingerprint density at radius 1 is 1.32 bits per heavy atom. The van der Waals surface area contributed by atoms with Crippen molar-refractivity contribution in [2.75, 3.05) is 6.61 Å². The van der Waals surface area contributed by atoms with Gasteiger partial charge in [-0.25, -0.2) is 0 Å². The second-order valence-electron chi connectivity index (χ2n) is 5.08. The number of rotatable bonds is 3. The highest BCUT2D eigenvalue weighted by Gasteiger charge is 2.69. The van der Waals surface area contributed by atoms with Crippen molar-refractivity contribution in [3.8, 4) is 0 Å². The molecule has 1 aromatic rings. The highest BCUT2D eigenvalue weighted by molar-refractivity contribution is 5.91. The number of hydrogen-bond donors (Lipinski definition) is 2. The van der Waals surface area contributed by atoms with Crippen molar-refractivity contribution in [1.29, 1.82) is 0 Å². The number of fused-ring (bicyclic) bond motifs is 1. The molecule has 1 aliphatic heterocycles. The van der Waals surface area contributed by atoms with Crippen LogP contribution in [0.4, 0.5) is 0 Å². The summed E-state index contributed by atoms with van der Waals surface area (Å²) >= 11 is 0. The van der Waals surface area contributed by atoms with Crippen molar-refractivity contribution in [2.45, 2.75) is 36.9 Å². The molecule has 0 radical (unpaired) electrons.